The van der Waals surface area contributed by atoms with Crippen LogP contribution in [0.1, 0.15) is 42.6 Å². The Morgan fingerprint density at radius 1 is 1.34 bits per heavy atom. The highest BCUT2D eigenvalue weighted by Crippen LogP contribution is 2.36. The molecule has 0 aromatic carbocycles. The van der Waals surface area contributed by atoms with Gasteiger partial charge < -0.3 is 14.2 Å². The maximum Gasteiger partial charge on any atom is 0.254 e. The van der Waals surface area contributed by atoms with Crippen LogP contribution >= 0.6 is 0 Å². The molecule has 0 aliphatic carbocycles. The summed E-state index contributed by atoms with van der Waals surface area (Å²) in [6, 6.07) is 5.53. The van der Waals surface area contributed by atoms with Crippen molar-refractivity contribution in [3.63, 3.8) is 0 Å². The van der Waals surface area contributed by atoms with E-state index in [-0.39, 0.29) is 11.9 Å². The van der Waals surface area contributed by atoms with Gasteiger partial charge in [-0.2, -0.15) is 0 Å². The van der Waals surface area contributed by atoms with E-state index >= 15 is 0 Å². The fourth-order valence-electron chi connectivity index (χ4n) is 3.73. The molecule has 1 saturated heterocycles. The molecule has 0 radical (unpaired) electrons. The third kappa shape index (κ3) is 4.11. The molecule has 1 fully saturated rings. The van der Waals surface area contributed by atoms with Gasteiger partial charge in [0.25, 0.3) is 5.88 Å². The third-order valence-electron chi connectivity index (χ3n) is 5.15. The van der Waals surface area contributed by atoms with Gasteiger partial charge in [0, 0.05) is 49.6 Å². The number of aryl methyl sites for hydroxylation is 2. The molecule has 0 bridgehead atoms. The normalized spacial score (nSPS) is 16.2. The molecular weight excluding hydrogens is 370 g/mol. The van der Waals surface area contributed by atoms with Gasteiger partial charge in [-0.3, -0.25) is 9.78 Å². The quantitative estimate of drug-likeness (QED) is 0.635. The molecule has 1 amide bonds. The van der Waals surface area contributed by atoms with Crippen LogP contribution in [0.4, 0.5) is 0 Å². The Kier molecular flexibility index (Phi) is 5.50. The SMILES string of the molecule is COc1cc(CCC(=O)N2CCCC2c2nc(C)ncc2-c2ccncc2)on1. The first-order valence-corrected chi connectivity index (χ1v) is 9.68. The largest absolute Gasteiger partial charge is 0.479 e. The van der Waals surface area contributed by atoms with Gasteiger partial charge in [-0.25, -0.2) is 9.97 Å². The molecule has 4 rings (SSSR count). The van der Waals surface area contributed by atoms with Crippen molar-refractivity contribution in [3.05, 3.63) is 54.1 Å². The maximum absolute atomic E-state index is 13.0. The van der Waals surface area contributed by atoms with Gasteiger partial charge in [0.05, 0.1) is 18.8 Å². The second-order valence-electron chi connectivity index (χ2n) is 7.03. The fraction of sp³-hybridized carbons (Fsp3) is 0.381. The molecule has 8 heteroatoms. The number of pyridine rings is 1. The van der Waals surface area contributed by atoms with E-state index in [4.69, 9.17) is 14.2 Å². The predicted molar refractivity (Wildman–Crippen MR) is 105 cm³/mol. The van der Waals surface area contributed by atoms with Gasteiger partial charge in [-0.05, 0) is 42.6 Å². The molecule has 1 aliphatic heterocycles. The van der Waals surface area contributed by atoms with Crippen LogP contribution in [0.2, 0.25) is 0 Å². The number of rotatable bonds is 6. The zero-order chi connectivity index (χ0) is 20.2. The molecular formula is C21H23N5O3. The van der Waals surface area contributed by atoms with Gasteiger partial charge in [0.1, 0.15) is 11.6 Å². The molecule has 3 aromatic rings. The van der Waals surface area contributed by atoms with Gasteiger partial charge >= 0.3 is 0 Å². The average molecular weight is 393 g/mol. The number of aromatic nitrogens is 4. The summed E-state index contributed by atoms with van der Waals surface area (Å²) in [5.41, 5.74) is 2.85. The number of nitrogens with zero attached hydrogens (tertiary/aromatic N) is 5. The predicted octanol–water partition coefficient (Wildman–Crippen LogP) is 3.14. The number of amides is 1. The zero-order valence-electron chi connectivity index (χ0n) is 16.5. The average Bonchev–Trinajstić information content (AvgIpc) is 3.42. The Morgan fingerprint density at radius 3 is 2.93 bits per heavy atom. The molecule has 1 atom stereocenters. The Labute approximate surface area is 168 Å². The van der Waals surface area contributed by atoms with Crippen LogP contribution in [0.15, 0.2) is 41.3 Å². The van der Waals surface area contributed by atoms with E-state index in [0.29, 0.717) is 30.3 Å². The summed E-state index contributed by atoms with van der Waals surface area (Å²) in [5.74, 6) is 1.84. The highest BCUT2D eigenvalue weighted by molar-refractivity contribution is 5.78. The van der Waals surface area contributed by atoms with Crippen molar-refractivity contribution in [2.24, 2.45) is 0 Å². The summed E-state index contributed by atoms with van der Waals surface area (Å²) in [6.07, 6.45) is 8.02. The van der Waals surface area contributed by atoms with Crippen molar-refractivity contribution < 1.29 is 14.1 Å². The summed E-state index contributed by atoms with van der Waals surface area (Å²) in [7, 11) is 1.53. The Balaban J connectivity index is 1.55. The Hall–Kier alpha value is -3.29. The Bertz CT molecular complexity index is 989. The molecule has 0 spiro atoms. The number of ether oxygens (including phenoxy) is 1. The minimum absolute atomic E-state index is 0.0587. The number of hydrogen-bond acceptors (Lipinski definition) is 7. The second kappa shape index (κ2) is 8.38. The number of carbonyl (C=O) groups is 1. The van der Waals surface area contributed by atoms with Crippen LogP contribution in [0.25, 0.3) is 11.1 Å². The first kappa shape index (κ1) is 19.0. The van der Waals surface area contributed by atoms with E-state index in [1.165, 1.54) is 7.11 Å². The van der Waals surface area contributed by atoms with Crippen LogP contribution < -0.4 is 4.74 Å². The third-order valence-corrected chi connectivity index (χ3v) is 5.15. The lowest BCUT2D eigenvalue weighted by Gasteiger charge is -2.26. The lowest BCUT2D eigenvalue weighted by molar-refractivity contribution is -0.132. The van der Waals surface area contributed by atoms with E-state index in [1.54, 1.807) is 18.5 Å². The minimum atomic E-state index is -0.0587. The number of methoxy groups -OCH3 is 1. The van der Waals surface area contributed by atoms with E-state index in [1.807, 2.05) is 30.2 Å². The molecule has 0 N–H and O–H groups in total. The fourth-order valence-corrected chi connectivity index (χ4v) is 3.73. The summed E-state index contributed by atoms with van der Waals surface area (Å²) < 4.78 is 10.2. The lowest BCUT2D eigenvalue weighted by atomic mass is 10.0. The molecule has 29 heavy (non-hydrogen) atoms. The molecule has 1 aliphatic rings. The molecule has 3 aromatic heterocycles. The van der Waals surface area contributed by atoms with Gasteiger partial charge in [0.2, 0.25) is 5.91 Å². The number of carbonyl (C=O) groups excluding carboxylic acids is 1. The second-order valence-corrected chi connectivity index (χ2v) is 7.03. The van der Waals surface area contributed by atoms with Crippen LogP contribution in [-0.4, -0.2) is 44.6 Å². The van der Waals surface area contributed by atoms with E-state index < -0.39 is 0 Å². The van der Waals surface area contributed by atoms with Crippen molar-refractivity contribution >= 4 is 5.91 Å². The zero-order valence-corrected chi connectivity index (χ0v) is 16.5. The standard InChI is InChI=1S/C21H23N5O3/c1-14-23-13-17(15-7-9-22-10-8-15)21(24-14)18-4-3-11-26(18)20(27)6-5-16-12-19(28-2)25-29-16/h7-10,12-13,18H,3-6,11H2,1-2H3. The summed E-state index contributed by atoms with van der Waals surface area (Å²) in [5, 5.41) is 3.78. The molecule has 150 valence electrons. The monoisotopic (exact) mass is 393 g/mol. The van der Waals surface area contributed by atoms with E-state index in [9.17, 15) is 4.79 Å². The minimum Gasteiger partial charge on any atom is -0.479 e. The van der Waals surface area contributed by atoms with Crippen molar-refractivity contribution in [2.45, 2.75) is 38.6 Å². The van der Waals surface area contributed by atoms with Gasteiger partial charge in [-0.1, -0.05) is 0 Å². The molecule has 8 nitrogen and oxygen atoms in total. The molecule has 1 unspecified atom stereocenters. The van der Waals surface area contributed by atoms with Crippen molar-refractivity contribution in [3.8, 4) is 17.0 Å². The van der Waals surface area contributed by atoms with Crippen molar-refractivity contribution in [1.29, 1.82) is 0 Å². The van der Waals surface area contributed by atoms with Crippen molar-refractivity contribution in [2.75, 3.05) is 13.7 Å². The van der Waals surface area contributed by atoms with Gasteiger partial charge in [0.15, 0.2) is 0 Å². The van der Waals surface area contributed by atoms with Crippen LogP contribution in [-0.2, 0) is 11.2 Å². The first-order valence-electron chi connectivity index (χ1n) is 9.68. The number of likely N-dealkylation sites (tertiary alicyclic amines) is 1. The smallest absolute Gasteiger partial charge is 0.254 e. The Morgan fingerprint density at radius 2 is 2.17 bits per heavy atom. The maximum atomic E-state index is 13.0. The lowest BCUT2D eigenvalue weighted by Crippen LogP contribution is -2.31. The highest BCUT2D eigenvalue weighted by atomic mass is 16.5. The highest BCUT2D eigenvalue weighted by Gasteiger charge is 2.32. The number of hydrogen-bond donors (Lipinski definition) is 0. The van der Waals surface area contributed by atoms with E-state index in [2.05, 4.69) is 15.1 Å². The van der Waals surface area contributed by atoms with Crippen LogP contribution in [0.5, 0.6) is 5.88 Å². The molecule has 0 saturated carbocycles. The van der Waals surface area contributed by atoms with Gasteiger partial charge in [-0.15, -0.1) is 0 Å². The summed E-state index contributed by atoms with van der Waals surface area (Å²) in [4.78, 5) is 28.1. The first-order chi connectivity index (χ1) is 14.2. The molecule has 4 heterocycles. The van der Waals surface area contributed by atoms with Crippen LogP contribution in [0, 0.1) is 6.92 Å². The van der Waals surface area contributed by atoms with Crippen LogP contribution in [0.3, 0.4) is 0 Å². The summed E-state index contributed by atoms with van der Waals surface area (Å²) >= 11 is 0. The summed E-state index contributed by atoms with van der Waals surface area (Å²) in [6.45, 7) is 2.60. The topological polar surface area (TPSA) is 94.2 Å². The van der Waals surface area contributed by atoms with E-state index in [0.717, 1.165) is 36.2 Å². The van der Waals surface area contributed by atoms with Crippen molar-refractivity contribution in [1.82, 2.24) is 25.0 Å².